The Balaban J connectivity index is 0.00000128. The van der Waals surface area contributed by atoms with E-state index < -0.39 is 0 Å². The number of halogens is 1. The van der Waals surface area contributed by atoms with E-state index in [1.807, 2.05) is 0 Å². The Morgan fingerprint density at radius 1 is 1.31 bits per heavy atom. The third-order valence-electron chi connectivity index (χ3n) is 3.01. The molecule has 1 heterocycles. The van der Waals surface area contributed by atoms with Crippen LogP contribution in [0.15, 0.2) is 30.3 Å². The minimum atomic E-state index is 0. The molecule has 0 aromatic heterocycles. The predicted octanol–water partition coefficient (Wildman–Crippen LogP) is 1.94. The molecule has 0 aliphatic carbocycles. The third kappa shape index (κ3) is 4.12. The van der Waals surface area contributed by atoms with Gasteiger partial charge in [-0.2, -0.15) is 0 Å². The summed E-state index contributed by atoms with van der Waals surface area (Å²) >= 11 is 0. The Morgan fingerprint density at radius 2 is 2.06 bits per heavy atom. The third-order valence-corrected chi connectivity index (χ3v) is 3.01. The van der Waals surface area contributed by atoms with Crippen molar-refractivity contribution in [2.75, 3.05) is 26.2 Å². The van der Waals surface area contributed by atoms with Crippen molar-refractivity contribution in [3.63, 3.8) is 0 Å². The molecule has 90 valence electrons. The van der Waals surface area contributed by atoms with Crippen molar-refractivity contribution in [1.82, 2.24) is 10.2 Å². The highest BCUT2D eigenvalue weighted by molar-refractivity contribution is 5.85. The molecule has 1 aromatic carbocycles. The Labute approximate surface area is 104 Å². The van der Waals surface area contributed by atoms with E-state index in [2.05, 4.69) is 47.5 Å². The minimum absolute atomic E-state index is 0. The fourth-order valence-electron chi connectivity index (χ4n) is 2.15. The summed E-state index contributed by atoms with van der Waals surface area (Å²) in [4.78, 5) is 2.55. The molecule has 1 atom stereocenters. The molecule has 0 bridgehead atoms. The molecule has 1 fully saturated rings. The van der Waals surface area contributed by atoms with Crippen molar-refractivity contribution in [1.29, 1.82) is 0 Å². The van der Waals surface area contributed by atoms with Crippen LogP contribution in [-0.4, -0.2) is 37.1 Å². The van der Waals surface area contributed by atoms with E-state index in [4.69, 9.17) is 0 Å². The van der Waals surface area contributed by atoms with Crippen LogP contribution in [0, 0.1) is 0 Å². The topological polar surface area (TPSA) is 15.3 Å². The standard InChI is InChI=1S/C13H20N2.ClH/c1-12-11-15(10-8-14-12)9-7-13-5-3-2-4-6-13;/h2-6,12,14H,7-11H2,1H3;1H. The second-order valence-electron chi connectivity index (χ2n) is 4.39. The van der Waals surface area contributed by atoms with Crippen molar-refractivity contribution in [2.45, 2.75) is 19.4 Å². The molecular weight excluding hydrogens is 220 g/mol. The van der Waals surface area contributed by atoms with E-state index in [-0.39, 0.29) is 12.4 Å². The van der Waals surface area contributed by atoms with E-state index in [0.717, 1.165) is 6.54 Å². The Bertz CT molecular complexity index is 289. The molecule has 3 heteroatoms. The largest absolute Gasteiger partial charge is 0.312 e. The molecule has 0 amide bonds. The number of benzene rings is 1. The van der Waals surface area contributed by atoms with Crippen molar-refractivity contribution in [3.05, 3.63) is 35.9 Å². The summed E-state index contributed by atoms with van der Waals surface area (Å²) in [5.41, 5.74) is 1.45. The lowest BCUT2D eigenvalue weighted by molar-refractivity contribution is 0.209. The van der Waals surface area contributed by atoms with Gasteiger partial charge >= 0.3 is 0 Å². The van der Waals surface area contributed by atoms with Crippen molar-refractivity contribution in [2.24, 2.45) is 0 Å². The average molecular weight is 241 g/mol. The SMILES string of the molecule is CC1CN(CCc2ccccc2)CCN1.Cl. The van der Waals surface area contributed by atoms with Crippen LogP contribution in [0.2, 0.25) is 0 Å². The molecule has 0 saturated carbocycles. The molecular formula is C13H21ClN2. The van der Waals surface area contributed by atoms with Gasteiger partial charge in [0, 0.05) is 32.2 Å². The van der Waals surface area contributed by atoms with Crippen LogP contribution < -0.4 is 5.32 Å². The summed E-state index contributed by atoms with van der Waals surface area (Å²) in [6.07, 6.45) is 1.17. The molecule has 1 aromatic rings. The zero-order valence-electron chi connectivity index (χ0n) is 9.86. The predicted molar refractivity (Wildman–Crippen MR) is 71.3 cm³/mol. The van der Waals surface area contributed by atoms with E-state index in [1.165, 1.54) is 31.6 Å². The van der Waals surface area contributed by atoms with Gasteiger partial charge in [-0.25, -0.2) is 0 Å². The number of nitrogens with one attached hydrogen (secondary N) is 1. The first-order chi connectivity index (χ1) is 7.34. The zero-order valence-corrected chi connectivity index (χ0v) is 10.7. The first kappa shape index (κ1) is 13.5. The van der Waals surface area contributed by atoms with E-state index in [0.29, 0.717) is 6.04 Å². The summed E-state index contributed by atoms with van der Waals surface area (Å²) in [5.74, 6) is 0. The van der Waals surface area contributed by atoms with Crippen molar-refractivity contribution < 1.29 is 0 Å². The Kier molecular flexibility index (Phi) is 5.81. The number of nitrogens with zero attached hydrogens (tertiary/aromatic N) is 1. The molecule has 1 unspecified atom stereocenters. The van der Waals surface area contributed by atoms with E-state index in [9.17, 15) is 0 Å². The maximum atomic E-state index is 3.47. The molecule has 16 heavy (non-hydrogen) atoms. The number of hydrogen-bond donors (Lipinski definition) is 1. The highest BCUT2D eigenvalue weighted by atomic mass is 35.5. The second kappa shape index (κ2) is 6.89. The van der Waals surface area contributed by atoms with Gasteiger partial charge in [-0.05, 0) is 18.9 Å². The van der Waals surface area contributed by atoms with Gasteiger partial charge in [0.25, 0.3) is 0 Å². The first-order valence-corrected chi connectivity index (χ1v) is 5.84. The van der Waals surface area contributed by atoms with E-state index in [1.54, 1.807) is 0 Å². The maximum Gasteiger partial charge on any atom is 0.0167 e. The average Bonchev–Trinajstić information content (AvgIpc) is 2.28. The molecule has 0 spiro atoms. The van der Waals surface area contributed by atoms with Crippen molar-refractivity contribution >= 4 is 12.4 Å². The molecule has 1 aliphatic heterocycles. The lowest BCUT2D eigenvalue weighted by Gasteiger charge is -2.31. The van der Waals surface area contributed by atoms with Crippen LogP contribution in [-0.2, 0) is 6.42 Å². The Morgan fingerprint density at radius 3 is 2.75 bits per heavy atom. The van der Waals surface area contributed by atoms with Crippen LogP contribution in [0.3, 0.4) is 0 Å². The molecule has 1 saturated heterocycles. The van der Waals surface area contributed by atoms with Gasteiger partial charge in [0.2, 0.25) is 0 Å². The fourth-order valence-corrected chi connectivity index (χ4v) is 2.15. The highest BCUT2D eigenvalue weighted by Crippen LogP contribution is 2.03. The normalized spacial score (nSPS) is 21.4. The lowest BCUT2D eigenvalue weighted by Crippen LogP contribution is -2.49. The molecule has 1 N–H and O–H groups in total. The Hall–Kier alpha value is -0.570. The van der Waals surface area contributed by atoms with Gasteiger partial charge in [-0.15, -0.1) is 12.4 Å². The van der Waals surface area contributed by atoms with Crippen LogP contribution in [0.1, 0.15) is 12.5 Å². The van der Waals surface area contributed by atoms with Gasteiger partial charge in [0.05, 0.1) is 0 Å². The van der Waals surface area contributed by atoms with Crippen LogP contribution in [0.25, 0.3) is 0 Å². The second-order valence-corrected chi connectivity index (χ2v) is 4.39. The quantitative estimate of drug-likeness (QED) is 0.869. The highest BCUT2D eigenvalue weighted by Gasteiger charge is 2.14. The first-order valence-electron chi connectivity index (χ1n) is 5.84. The van der Waals surface area contributed by atoms with Crippen LogP contribution in [0.5, 0.6) is 0 Å². The van der Waals surface area contributed by atoms with Crippen molar-refractivity contribution in [3.8, 4) is 0 Å². The lowest BCUT2D eigenvalue weighted by atomic mass is 10.1. The smallest absolute Gasteiger partial charge is 0.0167 e. The summed E-state index contributed by atoms with van der Waals surface area (Å²) in [6, 6.07) is 11.4. The van der Waals surface area contributed by atoms with Gasteiger partial charge in [0.15, 0.2) is 0 Å². The molecule has 2 rings (SSSR count). The monoisotopic (exact) mass is 240 g/mol. The minimum Gasteiger partial charge on any atom is -0.312 e. The van der Waals surface area contributed by atoms with Gasteiger partial charge in [-0.1, -0.05) is 30.3 Å². The summed E-state index contributed by atoms with van der Waals surface area (Å²) in [7, 11) is 0. The van der Waals surface area contributed by atoms with Gasteiger partial charge in [-0.3, -0.25) is 0 Å². The van der Waals surface area contributed by atoms with Gasteiger partial charge < -0.3 is 10.2 Å². The number of piperazine rings is 1. The van der Waals surface area contributed by atoms with Gasteiger partial charge in [0.1, 0.15) is 0 Å². The van der Waals surface area contributed by atoms with E-state index >= 15 is 0 Å². The summed E-state index contributed by atoms with van der Waals surface area (Å²) in [6.45, 7) is 6.96. The zero-order chi connectivity index (χ0) is 10.5. The molecule has 1 aliphatic rings. The molecule has 0 radical (unpaired) electrons. The number of hydrogen-bond acceptors (Lipinski definition) is 2. The van der Waals surface area contributed by atoms with Crippen LogP contribution in [0.4, 0.5) is 0 Å². The van der Waals surface area contributed by atoms with Crippen LogP contribution >= 0.6 is 12.4 Å². The molecule has 2 nitrogen and oxygen atoms in total. The number of rotatable bonds is 3. The maximum absolute atomic E-state index is 3.47. The summed E-state index contributed by atoms with van der Waals surface area (Å²) in [5, 5.41) is 3.47. The fraction of sp³-hybridized carbons (Fsp3) is 0.538. The summed E-state index contributed by atoms with van der Waals surface area (Å²) < 4.78 is 0.